The van der Waals surface area contributed by atoms with E-state index >= 15 is 0 Å². The van der Waals surface area contributed by atoms with E-state index in [4.69, 9.17) is 4.74 Å². The van der Waals surface area contributed by atoms with Crippen LogP contribution in [-0.2, 0) is 4.74 Å². The van der Waals surface area contributed by atoms with Gasteiger partial charge in [0.2, 0.25) is 0 Å². The van der Waals surface area contributed by atoms with Crippen molar-refractivity contribution in [2.75, 3.05) is 19.7 Å². The zero-order chi connectivity index (χ0) is 5.82. The first-order valence-corrected chi connectivity index (χ1v) is 4.49. The van der Waals surface area contributed by atoms with E-state index < -0.39 is 0 Å². The predicted molar refractivity (Wildman–Crippen MR) is 39.2 cm³/mol. The van der Waals surface area contributed by atoms with Crippen LogP contribution in [0.2, 0.25) is 0 Å². The summed E-state index contributed by atoms with van der Waals surface area (Å²) in [6.45, 7) is 2.72. The Morgan fingerprint density at radius 3 is 3.00 bits per heavy atom. The van der Waals surface area contributed by atoms with Gasteiger partial charge in [-0.3, -0.25) is 0 Å². The van der Waals surface area contributed by atoms with Crippen molar-refractivity contribution in [3.63, 3.8) is 0 Å². The van der Waals surface area contributed by atoms with Crippen LogP contribution in [-0.4, -0.2) is 25.1 Å². The molecule has 0 saturated carbocycles. The van der Waals surface area contributed by atoms with Gasteiger partial charge in [0.1, 0.15) is 5.44 Å². The molecule has 0 bridgehead atoms. The summed E-state index contributed by atoms with van der Waals surface area (Å²) in [5, 5.41) is 3.19. The summed E-state index contributed by atoms with van der Waals surface area (Å²) in [4.78, 5) is 0. The van der Waals surface area contributed by atoms with E-state index in [0.29, 0.717) is 0 Å². The van der Waals surface area contributed by atoms with Crippen LogP contribution < -0.4 is 5.32 Å². The molecule has 0 aliphatic carbocycles. The number of rotatable bonds is 1. The number of morpholine rings is 1. The van der Waals surface area contributed by atoms with Crippen LogP contribution in [0.1, 0.15) is 0 Å². The number of thiol groups is 1. The van der Waals surface area contributed by atoms with Gasteiger partial charge in [-0.2, -0.15) is 0 Å². The van der Waals surface area contributed by atoms with Crippen LogP contribution in [0.5, 0.6) is 0 Å². The quantitative estimate of drug-likeness (QED) is 0.421. The largest absolute Gasteiger partial charge is 0.364 e. The van der Waals surface area contributed by atoms with Gasteiger partial charge in [0.25, 0.3) is 0 Å². The molecule has 1 aliphatic rings. The summed E-state index contributed by atoms with van der Waals surface area (Å²) in [5.41, 5.74) is 0.257. The van der Waals surface area contributed by atoms with E-state index in [9.17, 15) is 0 Å². The molecule has 1 heterocycles. The van der Waals surface area contributed by atoms with E-state index in [1.165, 1.54) is 10.8 Å². The lowest BCUT2D eigenvalue weighted by molar-refractivity contribution is 0.0862. The molecule has 0 spiro atoms. The molecule has 48 valence electrons. The predicted octanol–water partition coefficient (Wildman–Crippen LogP) is 0.510. The van der Waals surface area contributed by atoms with Crippen molar-refractivity contribution in [2.24, 2.45) is 0 Å². The molecule has 1 atom stereocenters. The Kier molecular flexibility index (Phi) is 3.04. The third-order valence-electron chi connectivity index (χ3n) is 1.01. The van der Waals surface area contributed by atoms with Crippen LogP contribution in [0.25, 0.3) is 0 Å². The molecule has 1 N–H and O–H groups in total. The Morgan fingerprint density at radius 1 is 1.75 bits per heavy atom. The fourth-order valence-corrected chi connectivity index (χ4v) is 1.36. The fraction of sp³-hybridized carbons (Fsp3) is 1.00. The summed E-state index contributed by atoms with van der Waals surface area (Å²) >= 11 is 4.02. The summed E-state index contributed by atoms with van der Waals surface area (Å²) in [6, 6.07) is 0. The standard InChI is InChI=1S/C4H9NOS2/c7-8-4-3-5-1-2-6-4/h4-5,7H,1-3H2. The second-order valence-corrected chi connectivity index (χ2v) is 2.98. The molecular weight excluding hydrogens is 142 g/mol. The van der Waals surface area contributed by atoms with Gasteiger partial charge in [0, 0.05) is 13.1 Å². The van der Waals surface area contributed by atoms with E-state index in [1.54, 1.807) is 0 Å². The summed E-state index contributed by atoms with van der Waals surface area (Å²) in [7, 11) is 1.46. The maximum Gasteiger partial charge on any atom is 0.125 e. The number of nitrogens with one attached hydrogen (secondary N) is 1. The molecule has 0 aromatic rings. The van der Waals surface area contributed by atoms with E-state index in [1.807, 2.05) is 0 Å². The SMILES string of the molecule is SSC1CNCCO1. The van der Waals surface area contributed by atoms with Crippen LogP contribution in [0.15, 0.2) is 0 Å². The van der Waals surface area contributed by atoms with Gasteiger partial charge in [-0.05, 0) is 0 Å². The number of hydrogen-bond acceptors (Lipinski definition) is 4. The Labute approximate surface area is 58.2 Å². The highest BCUT2D eigenvalue weighted by atomic mass is 33.1. The van der Waals surface area contributed by atoms with Gasteiger partial charge in [-0.15, -0.1) is 11.7 Å². The van der Waals surface area contributed by atoms with Gasteiger partial charge in [-0.1, -0.05) is 10.8 Å². The normalized spacial score (nSPS) is 30.4. The zero-order valence-electron chi connectivity index (χ0n) is 4.46. The van der Waals surface area contributed by atoms with Crippen LogP contribution in [0.3, 0.4) is 0 Å². The first kappa shape index (κ1) is 6.74. The minimum absolute atomic E-state index is 0.257. The zero-order valence-corrected chi connectivity index (χ0v) is 6.17. The molecule has 0 aromatic carbocycles. The third-order valence-corrected chi connectivity index (χ3v) is 2.25. The highest BCUT2D eigenvalue weighted by Gasteiger charge is 2.10. The maximum atomic E-state index is 5.25. The van der Waals surface area contributed by atoms with Crippen molar-refractivity contribution in [1.82, 2.24) is 5.32 Å². The molecule has 1 fully saturated rings. The van der Waals surface area contributed by atoms with Crippen LogP contribution in [0, 0.1) is 0 Å². The second-order valence-electron chi connectivity index (χ2n) is 1.61. The van der Waals surface area contributed by atoms with Crippen LogP contribution in [0.4, 0.5) is 0 Å². The molecule has 0 amide bonds. The molecule has 1 unspecified atom stereocenters. The van der Waals surface area contributed by atoms with Crippen molar-refractivity contribution < 1.29 is 4.74 Å². The van der Waals surface area contributed by atoms with Crippen molar-refractivity contribution in [2.45, 2.75) is 5.44 Å². The lowest BCUT2D eigenvalue weighted by Gasteiger charge is -2.20. The molecule has 2 nitrogen and oxygen atoms in total. The highest BCUT2D eigenvalue weighted by Crippen LogP contribution is 2.16. The summed E-state index contributed by atoms with van der Waals surface area (Å²) in [5.74, 6) is 0. The topological polar surface area (TPSA) is 21.3 Å². The first-order chi connectivity index (χ1) is 3.93. The van der Waals surface area contributed by atoms with Crippen molar-refractivity contribution in [3.05, 3.63) is 0 Å². The monoisotopic (exact) mass is 151 g/mol. The summed E-state index contributed by atoms with van der Waals surface area (Å²) < 4.78 is 5.25. The maximum absolute atomic E-state index is 5.25. The Hall–Kier alpha value is 0.620. The van der Waals surface area contributed by atoms with Crippen LogP contribution >= 0.6 is 22.5 Å². The second kappa shape index (κ2) is 3.61. The molecule has 0 radical (unpaired) electrons. The Morgan fingerprint density at radius 2 is 2.62 bits per heavy atom. The number of hydrogen-bond donors (Lipinski definition) is 2. The lowest BCUT2D eigenvalue weighted by Crippen LogP contribution is -2.35. The summed E-state index contributed by atoms with van der Waals surface area (Å²) in [6.07, 6.45) is 0. The molecule has 1 saturated heterocycles. The third kappa shape index (κ3) is 1.85. The van der Waals surface area contributed by atoms with Gasteiger partial charge in [0.15, 0.2) is 0 Å². The smallest absolute Gasteiger partial charge is 0.125 e. The van der Waals surface area contributed by atoms with Crippen molar-refractivity contribution in [3.8, 4) is 0 Å². The average molecular weight is 151 g/mol. The molecule has 1 rings (SSSR count). The minimum atomic E-state index is 0.257. The van der Waals surface area contributed by atoms with E-state index in [0.717, 1.165) is 19.7 Å². The van der Waals surface area contributed by atoms with Crippen molar-refractivity contribution in [1.29, 1.82) is 0 Å². The Balaban J connectivity index is 2.13. The Bertz CT molecular complexity index is 65.1. The number of ether oxygens (including phenoxy) is 1. The minimum Gasteiger partial charge on any atom is -0.364 e. The van der Waals surface area contributed by atoms with E-state index in [-0.39, 0.29) is 5.44 Å². The van der Waals surface area contributed by atoms with E-state index in [2.05, 4.69) is 17.0 Å². The molecule has 8 heavy (non-hydrogen) atoms. The van der Waals surface area contributed by atoms with Gasteiger partial charge in [-0.25, -0.2) is 0 Å². The van der Waals surface area contributed by atoms with Gasteiger partial charge in [0.05, 0.1) is 6.61 Å². The lowest BCUT2D eigenvalue weighted by atomic mass is 10.5. The molecule has 1 aliphatic heterocycles. The average Bonchev–Trinajstić information content (AvgIpc) is 1.90. The highest BCUT2D eigenvalue weighted by molar-refractivity contribution is 8.68. The molecule has 0 aromatic heterocycles. The van der Waals surface area contributed by atoms with Gasteiger partial charge >= 0.3 is 0 Å². The van der Waals surface area contributed by atoms with Gasteiger partial charge < -0.3 is 10.1 Å². The molecule has 4 heteroatoms. The molecular formula is C4H9NOS2. The fourth-order valence-electron chi connectivity index (χ4n) is 0.609. The van der Waals surface area contributed by atoms with Crippen molar-refractivity contribution >= 4 is 22.5 Å². The first-order valence-electron chi connectivity index (χ1n) is 2.56.